The molecule has 0 spiro atoms. The van der Waals surface area contributed by atoms with E-state index in [1.165, 1.54) is 0 Å². The molecule has 0 aliphatic rings. The lowest BCUT2D eigenvalue weighted by atomic mass is 10.2. The highest BCUT2D eigenvalue weighted by molar-refractivity contribution is 5.82. The average molecular weight is 270 g/mol. The zero-order chi connectivity index (χ0) is 14.3. The van der Waals surface area contributed by atoms with Gasteiger partial charge in [0.05, 0.1) is 0 Å². The van der Waals surface area contributed by atoms with Crippen LogP contribution in [0, 0.1) is 6.92 Å². The zero-order valence-corrected chi connectivity index (χ0v) is 11.0. The molecule has 19 heavy (non-hydrogen) atoms. The van der Waals surface area contributed by atoms with E-state index in [4.69, 9.17) is 9.63 Å². The molecule has 1 atom stereocenters. The van der Waals surface area contributed by atoms with Crippen LogP contribution < -0.4 is 10.6 Å². The number of urea groups is 1. The standard InChI is InChI=1S/C11H18N4O4/c1-3-4-8(10(16)17)14-11(18)12-6-5-9-13-7(2)15-19-9/h8H,3-6H2,1-2H3,(H,16,17)(H2,12,14,18)/t8-/m0/s1. The van der Waals surface area contributed by atoms with Gasteiger partial charge in [0.25, 0.3) is 0 Å². The Morgan fingerprint density at radius 2 is 2.21 bits per heavy atom. The number of carboxylic acid groups (broad SMARTS) is 1. The van der Waals surface area contributed by atoms with Gasteiger partial charge in [-0.25, -0.2) is 9.59 Å². The van der Waals surface area contributed by atoms with Gasteiger partial charge in [-0.1, -0.05) is 18.5 Å². The van der Waals surface area contributed by atoms with Crippen molar-refractivity contribution in [1.29, 1.82) is 0 Å². The highest BCUT2D eigenvalue weighted by Crippen LogP contribution is 1.97. The highest BCUT2D eigenvalue weighted by Gasteiger charge is 2.18. The van der Waals surface area contributed by atoms with Crippen LogP contribution in [0.5, 0.6) is 0 Å². The van der Waals surface area contributed by atoms with E-state index < -0.39 is 18.0 Å². The van der Waals surface area contributed by atoms with E-state index in [2.05, 4.69) is 20.8 Å². The van der Waals surface area contributed by atoms with Gasteiger partial charge in [-0.2, -0.15) is 4.98 Å². The van der Waals surface area contributed by atoms with Crippen molar-refractivity contribution in [3.63, 3.8) is 0 Å². The molecule has 0 aliphatic heterocycles. The van der Waals surface area contributed by atoms with Crippen molar-refractivity contribution in [2.24, 2.45) is 0 Å². The number of amides is 2. The Hall–Kier alpha value is -2.12. The summed E-state index contributed by atoms with van der Waals surface area (Å²) in [6.07, 6.45) is 1.48. The second-order valence-corrected chi connectivity index (χ2v) is 4.07. The Balaban J connectivity index is 2.28. The third-order valence-electron chi connectivity index (χ3n) is 2.37. The van der Waals surface area contributed by atoms with Gasteiger partial charge in [-0.15, -0.1) is 0 Å². The number of carbonyl (C=O) groups is 2. The molecule has 0 fully saturated rings. The maximum Gasteiger partial charge on any atom is 0.326 e. The molecule has 106 valence electrons. The Kier molecular flexibility index (Phi) is 5.77. The van der Waals surface area contributed by atoms with Crippen molar-refractivity contribution in [3.05, 3.63) is 11.7 Å². The first-order valence-electron chi connectivity index (χ1n) is 6.09. The number of aromatic nitrogens is 2. The molecular formula is C11H18N4O4. The number of rotatable bonds is 7. The molecule has 0 bridgehead atoms. The summed E-state index contributed by atoms with van der Waals surface area (Å²) in [5, 5.41) is 17.4. The van der Waals surface area contributed by atoms with Crippen LogP contribution in [-0.4, -0.2) is 39.8 Å². The fraction of sp³-hybridized carbons (Fsp3) is 0.636. The van der Waals surface area contributed by atoms with Crippen LogP contribution in [-0.2, 0) is 11.2 Å². The van der Waals surface area contributed by atoms with Crippen LogP contribution >= 0.6 is 0 Å². The second kappa shape index (κ2) is 7.34. The molecular weight excluding hydrogens is 252 g/mol. The summed E-state index contributed by atoms with van der Waals surface area (Å²) in [6, 6.07) is -1.38. The Labute approximate surface area is 110 Å². The molecule has 0 saturated heterocycles. The SMILES string of the molecule is CCC[C@H](NC(=O)NCCc1nc(C)no1)C(=O)O. The maximum absolute atomic E-state index is 11.5. The summed E-state index contributed by atoms with van der Waals surface area (Å²) >= 11 is 0. The second-order valence-electron chi connectivity index (χ2n) is 4.07. The van der Waals surface area contributed by atoms with Crippen molar-refractivity contribution >= 4 is 12.0 Å². The Morgan fingerprint density at radius 1 is 1.47 bits per heavy atom. The first-order chi connectivity index (χ1) is 9.02. The minimum atomic E-state index is -1.04. The van der Waals surface area contributed by atoms with Gasteiger partial charge in [0.2, 0.25) is 5.89 Å². The molecule has 2 amide bonds. The molecule has 1 aromatic rings. The van der Waals surface area contributed by atoms with E-state index in [0.29, 0.717) is 37.5 Å². The molecule has 8 heteroatoms. The molecule has 1 aromatic heterocycles. The smallest absolute Gasteiger partial charge is 0.326 e. The first-order valence-corrected chi connectivity index (χ1v) is 6.09. The predicted molar refractivity (Wildman–Crippen MR) is 65.6 cm³/mol. The normalized spacial score (nSPS) is 11.9. The van der Waals surface area contributed by atoms with Crippen LogP contribution in [0.3, 0.4) is 0 Å². The lowest BCUT2D eigenvalue weighted by Crippen LogP contribution is -2.46. The number of hydrogen-bond acceptors (Lipinski definition) is 5. The number of aryl methyl sites for hydroxylation is 1. The van der Waals surface area contributed by atoms with Gasteiger partial charge in [-0.3, -0.25) is 0 Å². The first kappa shape index (κ1) is 14.9. The molecule has 8 nitrogen and oxygen atoms in total. The molecule has 0 radical (unpaired) electrons. The number of nitrogens with one attached hydrogen (secondary N) is 2. The molecule has 1 rings (SSSR count). The topological polar surface area (TPSA) is 117 Å². The summed E-state index contributed by atoms with van der Waals surface area (Å²) in [5.41, 5.74) is 0. The van der Waals surface area contributed by atoms with Crippen LogP contribution in [0.2, 0.25) is 0 Å². The number of nitrogens with zero attached hydrogens (tertiary/aromatic N) is 2. The van der Waals surface area contributed by atoms with E-state index in [0.717, 1.165) is 0 Å². The number of carboxylic acids is 1. The fourth-order valence-corrected chi connectivity index (χ4v) is 1.48. The third-order valence-corrected chi connectivity index (χ3v) is 2.37. The van der Waals surface area contributed by atoms with Crippen molar-refractivity contribution in [2.75, 3.05) is 6.54 Å². The minimum Gasteiger partial charge on any atom is -0.480 e. The largest absolute Gasteiger partial charge is 0.480 e. The quantitative estimate of drug-likeness (QED) is 0.663. The van der Waals surface area contributed by atoms with Crippen LogP contribution in [0.1, 0.15) is 31.5 Å². The van der Waals surface area contributed by atoms with E-state index in [-0.39, 0.29) is 0 Å². The lowest BCUT2D eigenvalue weighted by Gasteiger charge is -2.13. The van der Waals surface area contributed by atoms with E-state index in [1.807, 2.05) is 6.92 Å². The Bertz CT molecular complexity index is 432. The molecule has 0 saturated carbocycles. The number of aliphatic carboxylic acids is 1. The summed E-state index contributed by atoms with van der Waals surface area (Å²) < 4.78 is 4.88. The average Bonchev–Trinajstić information content (AvgIpc) is 2.74. The summed E-state index contributed by atoms with van der Waals surface area (Å²) in [6.45, 7) is 3.86. The van der Waals surface area contributed by atoms with Crippen molar-refractivity contribution in [2.45, 2.75) is 39.2 Å². The summed E-state index contributed by atoms with van der Waals surface area (Å²) in [4.78, 5) is 26.3. The molecule has 0 aliphatic carbocycles. The zero-order valence-electron chi connectivity index (χ0n) is 11.0. The third kappa shape index (κ3) is 5.36. The van der Waals surface area contributed by atoms with Gasteiger partial charge in [0, 0.05) is 13.0 Å². The van der Waals surface area contributed by atoms with Crippen LogP contribution in [0.25, 0.3) is 0 Å². The minimum absolute atomic E-state index is 0.298. The highest BCUT2D eigenvalue weighted by atomic mass is 16.5. The predicted octanol–water partition coefficient (Wildman–Crippen LogP) is 0.473. The lowest BCUT2D eigenvalue weighted by molar-refractivity contribution is -0.139. The van der Waals surface area contributed by atoms with Crippen molar-refractivity contribution < 1.29 is 19.2 Å². The van der Waals surface area contributed by atoms with E-state index in [1.54, 1.807) is 6.92 Å². The van der Waals surface area contributed by atoms with Crippen molar-refractivity contribution in [1.82, 2.24) is 20.8 Å². The molecule has 1 heterocycles. The maximum atomic E-state index is 11.5. The summed E-state index contributed by atoms with van der Waals surface area (Å²) in [5.74, 6) is -0.0704. The molecule has 3 N–H and O–H groups in total. The van der Waals surface area contributed by atoms with Gasteiger partial charge in [0.1, 0.15) is 6.04 Å². The van der Waals surface area contributed by atoms with E-state index >= 15 is 0 Å². The number of carbonyl (C=O) groups excluding carboxylic acids is 1. The van der Waals surface area contributed by atoms with Gasteiger partial charge < -0.3 is 20.3 Å². The molecule has 0 unspecified atom stereocenters. The fourth-order valence-electron chi connectivity index (χ4n) is 1.48. The van der Waals surface area contributed by atoms with Crippen molar-refractivity contribution in [3.8, 4) is 0 Å². The van der Waals surface area contributed by atoms with Crippen LogP contribution in [0.4, 0.5) is 4.79 Å². The molecule has 0 aromatic carbocycles. The van der Waals surface area contributed by atoms with Crippen LogP contribution in [0.15, 0.2) is 4.52 Å². The Morgan fingerprint density at radius 3 is 2.74 bits per heavy atom. The van der Waals surface area contributed by atoms with Gasteiger partial charge in [-0.05, 0) is 13.3 Å². The summed E-state index contributed by atoms with van der Waals surface area (Å²) in [7, 11) is 0. The van der Waals surface area contributed by atoms with Gasteiger partial charge in [0.15, 0.2) is 5.82 Å². The van der Waals surface area contributed by atoms with Gasteiger partial charge >= 0.3 is 12.0 Å². The monoisotopic (exact) mass is 270 g/mol. The van der Waals surface area contributed by atoms with E-state index in [9.17, 15) is 9.59 Å². The number of hydrogen-bond donors (Lipinski definition) is 3.